The molecule has 9 rings (SSSR count). The van der Waals surface area contributed by atoms with Crippen molar-refractivity contribution in [1.82, 2.24) is 9.55 Å². The number of aryl methyl sites for hydroxylation is 3. The molecule has 0 N–H and O–H groups in total. The Hall–Kier alpha value is -6.26. The van der Waals surface area contributed by atoms with Crippen molar-refractivity contribution >= 4 is 33.1 Å². The summed E-state index contributed by atoms with van der Waals surface area (Å²) in [4.78, 5) is 4.50. The van der Waals surface area contributed by atoms with Gasteiger partial charge in [-0.2, -0.15) is 4.57 Å². The van der Waals surface area contributed by atoms with Crippen LogP contribution in [0.2, 0.25) is 0 Å². The number of hydrogen-bond donors (Lipinski definition) is 0. The van der Waals surface area contributed by atoms with Gasteiger partial charge in [0.15, 0.2) is 16.6 Å². The molecule has 4 heteroatoms. The molecule has 0 aliphatic heterocycles. The largest absolute Gasteiger partial charge is 0.437 e. The van der Waals surface area contributed by atoms with Crippen molar-refractivity contribution in [2.24, 2.45) is 7.05 Å². The summed E-state index contributed by atoms with van der Waals surface area (Å²) in [5.74, 6) is 1.40. The lowest BCUT2D eigenvalue weighted by molar-refractivity contribution is -0.633. The Morgan fingerprint density at radius 2 is 1.16 bits per heavy atom. The van der Waals surface area contributed by atoms with E-state index < -0.39 is 6.85 Å². The van der Waals surface area contributed by atoms with E-state index >= 15 is 0 Å². The summed E-state index contributed by atoms with van der Waals surface area (Å²) in [7, 11) is 2.12. The van der Waals surface area contributed by atoms with E-state index in [0.29, 0.717) is 11.3 Å². The molecule has 9 aromatic rings. The zero-order valence-electron chi connectivity index (χ0n) is 35.2. The van der Waals surface area contributed by atoms with E-state index in [-0.39, 0.29) is 17.5 Å². The topological polar surface area (TPSA) is 34.8 Å². The molecule has 3 aromatic heterocycles. The first-order chi connectivity index (χ1) is 27.9. The Balaban J connectivity index is 1.22. The molecule has 3 heterocycles. The molecule has 4 nitrogen and oxygen atoms in total. The summed E-state index contributed by atoms with van der Waals surface area (Å²) >= 11 is 0. The molecule has 0 radical (unpaired) electrons. The van der Waals surface area contributed by atoms with Gasteiger partial charge in [-0.25, -0.2) is 9.55 Å². The summed E-state index contributed by atoms with van der Waals surface area (Å²) in [5.41, 5.74) is 16.1. The van der Waals surface area contributed by atoms with E-state index in [1.807, 2.05) is 12.1 Å². The highest BCUT2D eigenvalue weighted by molar-refractivity contribution is 6.09. The number of para-hydroxylation sites is 2. The Morgan fingerprint density at radius 1 is 0.618 bits per heavy atom. The molecule has 0 saturated carbocycles. The third-order valence-electron chi connectivity index (χ3n) is 11.1. The van der Waals surface area contributed by atoms with Gasteiger partial charge in [0.1, 0.15) is 11.3 Å². The molecule has 270 valence electrons. The summed E-state index contributed by atoms with van der Waals surface area (Å²) in [5, 5.41) is 1.69. The minimum atomic E-state index is -2.34. The molecule has 0 spiro atoms. The van der Waals surface area contributed by atoms with E-state index in [1.165, 1.54) is 50.2 Å². The van der Waals surface area contributed by atoms with Crippen LogP contribution in [0.15, 0.2) is 144 Å². The van der Waals surface area contributed by atoms with Crippen LogP contribution in [0, 0.1) is 13.8 Å². The van der Waals surface area contributed by atoms with E-state index in [0.717, 1.165) is 38.8 Å². The number of furan rings is 1. The van der Waals surface area contributed by atoms with E-state index in [1.54, 1.807) is 6.07 Å². The van der Waals surface area contributed by atoms with Crippen LogP contribution < -0.4 is 4.57 Å². The molecular weight excluding hydrogens is 671 g/mol. The summed E-state index contributed by atoms with van der Waals surface area (Å²) < 4.78 is 35.3. The molecule has 0 atom stereocenters. The van der Waals surface area contributed by atoms with Crippen LogP contribution in [0.3, 0.4) is 0 Å². The summed E-state index contributed by atoms with van der Waals surface area (Å²) in [6, 6.07) is 49.2. The van der Waals surface area contributed by atoms with Gasteiger partial charge < -0.3 is 4.42 Å². The maximum atomic E-state index is 7.99. The molecule has 0 saturated heterocycles. The Kier molecular flexibility index (Phi) is 7.67. The number of fused-ring (bicyclic) bond motifs is 4. The number of aromatic nitrogens is 3. The van der Waals surface area contributed by atoms with Gasteiger partial charge in [0.25, 0.3) is 5.82 Å². The molecule has 0 unspecified atom stereocenters. The number of nitrogens with zero attached hydrogens (tertiary/aromatic N) is 3. The predicted octanol–water partition coefficient (Wildman–Crippen LogP) is 13.3. The van der Waals surface area contributed by atoms with Crippen LogP contribution in [-0.4, -0.2) is 9.55 Å². The Morgan fingerprint density at radius 3 is 1.76 bits per heavy atom. The van der Waals surface area contributed by atoms with Crippen molar-refractivity contribution in [1.29, 1.82) is 0 Å². The van der Waals surface area contributed by atoms with Crippen LogP contribution in [0.4, 0.5) is 0 Å². The Bertz CT molecular complexity index is 2960. The van der Waals surface area contributed by atoms with Gasteiger partial charge in [0.2, 0.25) is 5.71 Å². The second-order valence-electron chi connectivity index (χ2n) is 15.3. The molecule has 0 fully saturated rings. The van der Waals surface area contributed by atoms with E-state index in [9.17, 15) is 0 Å². The van der Waals surface area contributed by atoms with Gasteiger partial charge in [-0.3, -0.25) is 0 Å². The quantitative estimate of drug-likeness (QED) is 0.154. The van der Waals surface area contributed by atoms with Gasteiger partial charge in [-0.05, 0) is 101 Å². The van der Waals surface area contributed by atoms with E-state index in [4.69, 9.17) is 8.53 Å². The third kappa shape index (κ3) is 5.84. The van der Waals surface area contributed by atoms with Crippen molar-refractivity contribution in [3.8, 4) is 50.5 Å². The fourth-order valence-corrected chi connectivity index (χ4v) is 8.24. The number of rotatable bonds is 7. The van der Waals surface area contributed by atoms with Gasteiger partial charge >= 0.3 is 0 Å². The first kappa shape index (κ1) is 31.1. The summed E-state index contributed by atoms with van der Waals surface area (Å²) in [6.45, 7) is 8.88. The minimum Gasteiger partial charge on any atom is -0.437 e. The van der Waals surface area contributed by atoms with Crippen LogP contribution in [0.25, 0.3) is 83.6 Å². The minimum absolute atomic E-state index is 0.0207. The lowest BCUT2D eigenvalue weighted by Gasteiger charge is -2.21. The smallest absolute Gasteiger partial charge is 0.299 e. The predicted molar refractivity (Wildman–Crippen MR) is 229 cm³/mol. The SMILES string of the molecule is [2H]C([2H])([2H])c1ccc2c(n1)oc1c(-c3n(-c4c(C(C)C)cc(-c5ccc(-c6ccc(-c7ccccc7)cc6)cc5)cc4C(C)C)c4ccccc4[n+]3C)c(C)ccc12. The van der Waals surface area contributed by atoms with E-state index in [2.05, 4.69) is 177 Å². The molecule has 0 bridgehead atoms. The second-order valence-corrected chi connectivity index (χ2v) is 15.3. The fourth-order valence-electron chi connectivity index (χ4n) is 8.24. The zero-order valence-corrected chi connectivity index (χ0v) is 32.2. The maximum absolute atomic E-state index is 7.99. The molecule has 0 aliphatic carbocycles. The average molecular weight is 720 g/mol. The van der Waals surface area contributed by atoms with Gasteiger partial charge in [-0.15, -0.1) is 0 Å². The zero-order chi connectivity index (χ0) is 40.5. The van der Waals surface area contributed by atoms with Crippen LogP contribution in [0.5, 0.6) is 0 Å². The molecule has 0 amide bonds. The standard InChI is InChI=1S/C51H46N3O/c1-31(2)43-29-40(39-25-23-38(24-26-39)37-21-19-36(20-22-37)35-13-9-8-10-14-35)30-44(32(3)4)48(43)54-46-16-12-11-15-45(46)53(7)51(54)47-33(5)17-27-41-42-28-18-34(6)52-50(42)55-49(41)47/h8-32H,1-7H3/q+1/i6D3. The van der Waals surface area contributed by atoms with Gasteiger partial charge in [0.05, 0.1) is 7.05 Å². The first-order valence-electron chi connectivity index (χ1n) is 20.7. The maximum Gasteiger partial charge on any atom is 0.299 e. The third-order valence-corrected chi connectivity index (χ3v) is 11.1. The lowest BCUT2D eigenvalue weighted by atomic mass is 9.87. The lowest BCUT2D eigenvalue weighted by Crippen LogP contribution is -2.30. The van der Waals surface area contributed by atoms with Gasteiger partial charge in [0, 0.05) is 31.7 Å². The van der Waals surface area contributed by atoms with Crippen molar-refractivity contribution < 1.29 is 13.1 Å². The highest BCUT2D eigenvalue weighted by Crippen LogP contribution is 2.43. The molecule has 55 heavy (non-hydrogen) atoms. The number of benzene rings is 6. The van der Waals surface area contributed by atoms with Gasteiger partial charge in [-0.1, -0.05) is 131 Å². The normalized spacial score (nSPS) is 12.9. The average Bonchev–Trinajstić information content (AvgIpc) is 3.74. The van der Waals surface area contributed by atoms with Crippen molar-refractivity contribution in [3.05, 3.63) is 162 Å². The highest BCUT2D eigenvalue weighted by atomic mass is 16.3. The first-order valence-corrected chi connectivity index (χ1v) is 19.2. The van der Waals surface area contributed by atoms with Crippen molar-refractivity contribution in [2.75, 3.05) is 0 Å². The van der Waals surface area contributed by atoms with Crippen LogP contribution >= 0.6 is 0 Å². The molecular formula is C51H46N3O+. The number of pyridine rings is 1. The monoisotopic (exact) mass is 719 g/mol. The van der Waals surface area contributed by atoms with Crippen molar-refractivity contribution in [3.63, 3.8) is 0 Å². The summed E-state index contributed by atoms with van der Waals surface area (Å²) in [6.07, 6.45) is 0. The number of imidazole rings is 1. The van der Waals surface area contributed by atoms with Crippen molar-refractivity contribution in [2.45, 2.75) is 53.3 Å². The van der Waals surface area contributed by atoms with Crippen LogP contribution in [-0.2, 0) is 7.05 Å². The second kappa shape index (κ2) is 13.5. The van der Waals surface area contributed by atoms with Crippen LogP contribution in [0.1, 0.15) is 66.0 Å². The molecule has 0 aliphatic rings. The number of hydrogen-bond acceptors (Lipinski definition) is 2. The fraction of sp³-hybridized carbons (Fsp3) is 0.176. The highest BCUT2D eigenvalue weighted by Gasteiger charge is 2.34. The Labute approximate surface area is 327 Å². The molecule has 6 aromatic carbocycles.